The van der Waals surface area contributed by atoms with Crippen molar-refractivity contribution in [3.8, 4) is 0 Å². The van der Waals surface area contributed by atoms with E-state index in [1.807, 2.05) is 24.3 Å². The van der Waals surface area contributed by atoms with Gasteiger partial charge in [-0.1, -0.05) is 24.3 Å². The maximum absolute atomic E-state index is 12.6. The quantitative estimate of drug-likeness (QED) is 0.291. The van der Waals surface area contributed by atoms with Crippen molar-refractivity contribution in [1.29, 1.82) is 5.41 Å². The minimum Gasteiger partial charge on any atom is -0.481 e. The molecule has 2 aromatic rings. The van der Waals surface area contributed by atoms with Crippen molar-refractivity contribution in [2.45, 2.75) is 25.8 Å². The van der Waals surface area contributed by atoms with Crippen molar-refractivity contribution < 1.29 is 24.2 Å². The first-order chi connectivity index (χ1) is 14.8. The number of carboxylic acid groups (broad SMARTS) is 1. The number of esters is 1. The van der Waals surface area contributed by atoms with E-state index in [0.717, 1.165) is 11.1 Å². The molecule has 1 aliphatic heterocycles. The van der Waals surface area contributed by atoms with Crippen molar-refractivity contribution in [3.63, 3.8) is 0 Å². The fraction of sp³-hybridized carbons (Fsp3) is 0.273. The number of amidine groups is 1. The Balaban J connectivity index is 1.93. The average Bonchev–Trinajstić information content (AvgIpc) is 3.13. The second-order valence-electron chi connectivity index (χ2n) is 7.07. The molecule has 31 heavy (non-hydrogen) atoms. The molecule has 3 rings (SSSR count). The van der Waals surface area contributed by atoms with Gasteiger partial charge in [0.25, 0.3) is 0 Å². The van der Waals surface area contributed by atoms with Gasteiger partial charge < -0.3 is 20.9 Å². The molecule has 1 fully saturated rings. The van der Waals surface area contributed by atoms with Crippen LogP contribution < -0.4 is 16.0 Å². The van der Waals surface area contributed by atoms with Crippen molar-refractivity contribution >= 4 is 29.5 Å². The lowest BCUT2D eigenvalue weighted by Gasteiger charge is -2.26. The number of carboxylic acids is 1. The van der Waals surface area contributed by atoms with Crippen molar-refractivity contribution in [1.82, 2.24) is 5.32 Å². The number of carbonyl (C=O) groups excluding carboxylic acids is 2. The molecule has 0 saturated carbocycles. The number of anilines is 1. The molecule has 162 valence electrons. The molecule has 1 saturated heterocycles. The highest BCUT2D eigenvalue weighted by molar-refractivity contribution is 6.07. The predicted molar refractivity (Wildman–Crippen MR) is 114 cm³/mol. The van der Waals surface area contributed by atoms with Crippen LogP contribution in [0, 0.1) is 5.41 Å². The molecule has 2 amide bonds. The number of aryl methyl sites for hydroxylation is 1. The molecule has 5 N–H and O–H groups in total. The van der Waals surface area contributed by atoms with Crippen LogP contribution in [-0.2, 0) is 16.0 Å². The lowest BCUT2D eigenvalue weighted by atomic mass is 10.0. The summed E-state index contributed by atoms with van der Waals surface area (Å²) in [7, 11) is 0. The number of nitrogens with zero attached hydrogens (tertiary/aromatic N) is 1. The normalized spacial score (nSPS) is 15.5. The van der Waals surface area contributed by atoms with Gasteiger partial charge in [-0.05, 0) is 42.7 Å². The number of rotatable bonds is 8. The Kier molecular flexibility index (Phi) is 6.54. The number of aliphatic carboxylic acids is 1. The van der Waals surface area contributed by atoms with Gasteiger partial charge in [-0.25, -0.2) is 9.59 Å². The van der Waals surface area contributed by atoms with Gasteiger partial charge in [0.1, 0.15) is 5.84 Å². The van der Waals surface area contributed by atoms with Crippen LogP contribution in [0.15, 0.2) is 42.5 Å². The number of hydrogen-bond acceptors (Lipinski definition) is 5. The predicted octanol–water partition coefficient (Wildman–Crippen LogP) is 2.44. The maximum Gasteiger partial charge on any atom is 0.338 e. The number of ether oxygens (including phenoxy) is 1. The van der Waals surface area contributed by atoms with E-state index in [2.05, 4.69) is 5.32 Å². The van der Waals surface area contributed by atoms with Crippen LogP contribution in [0.1, 0.15) is 46.4 Å². The molecule has 1 unspecified atom stereocenters. The first-order valence-corrected chi connectivity index (χ1v) is 9.85. The highest BCUT2D eigenvalue weighted by atomic mass is 16.5. The SMILES string of the molecule is CCOC(=O)c1ccc(N2C(=O)NCC2c2ccc(CCC(=O)O)cc2)c(C(=N)N)c1. The van der Waals surface area contributed by atoms with Gasteiger partial charge in [0.2, 0.25) is 0 Å². The summed E-state index contributed by atoms with van der Waals surface area (Å²) in [6, 6.07) is 11.3. The molecule has 1 atom stereocenters. The third-order valence-electron chi connectivity index (χ3n) is 5.03. The summed E-state index contributed by atoms with van der Waals surface area (Å²) in [6.07, 6.45) is 0.467. The van der Waals surface area contributed by atoms with Gasteiger partial charge in [0.15, 0.2) is 0 Å². The Labute approximate surface area is 179 Å². The molecule has 9 nitrogen and oxygen atoms in total. The number of nitrogens with two attached hydrogens (primary N) is 1. The number of carbonyl (C=O) groups is 3. The van der Waals surface area contributed by atoms with Gasteiger partial charge in [0.05, 0.1) is 23.9 Å². The molecule has 1 heterocycles. The smallest absolute Gasteiger partial charge is 0.338 e. The number of hydrogen-bond donors (Lipinski definition) is 4. The fourth-order valence-corrected chi connectivity index (χ4v) is 3.51. The Morgan fingerprint density at radius 1 is 1.26 bits per heavy atom. The fourth-order valence-electron chi connectivity index (χ4n) is 3.51. The van der Waals surface area contributed by atoms with E-state index in [4.69, 9.17) is 21.0 Å². The lowest BCUT2D eigenvalue weighted by Crippen LogP contribution is -2.32. The van der Waals surface area contributed by atoms with Gasteiger partial charge in [0, 0.05) is 18.5 Å². The van der Waals surface area contributed by atoms with E-state index in [0.29, 0.717) is 18.7 Å². The molecule has 0 spiro atoms. The molecule has 2 aromatic carbocycles. The van der Waals surface area contributed by atoms with E-state index in [9.17, 15) is 14.4 Å². The number of nitrogens with one attached hydrogen (secondary N) is 2. The van der Waals surface area contributed by atoms with Gasteiger partial charge in [-0.15, -0.1) is 0 Å². The van der Waals surface area contributed by atoms with Crippen LogP contribution in [0.4, 0.5) is 10.5 Å². The van der Waals surface area contributed by atoms with E-state index < -0.39 is 11.9 Å². The largest absolute Gasteiger partial charge is 0.481 e. The van der Waals surface area contributed by atoms with Gasteiger partial charge in [-0.2, -0.15) is 0 Å². The summed E-state index contributed by atoms with van der Waals surface area (Å²) in [4.78, 5) is 37.0. The first-order valence-electron chi connectivity index (χ1n) is 9.85. The standard InChI is InChI=1S/C22H24N4O5/c1-2-31-21(29)15-8-9-17(16(11-15)20(23)24)26-18(12-25-22(26)30)14-6-3-13(4-7-14)5-10-19(27)28/h3-4,6-9,11,18H,2,5,10,12H2,1H3,(H3,23,24)(H,25,30)(H,27,28). The Bertz CT molecular complexity index is 1020. The van der Waals surface area contributed by atoms with E-state index in [1.165, 1.54) is 17.0 Å². The summed E-state index contributed by atoms with van der Waals surface area (Å²) in [5.41, 5.74) is 8.41. The molecular weight excluding hydrogens is 400 g/mol. The van der Waals surface area contributed by atoms with Crippen LogP contribution in [0.25, 0.3) is 0 Å². The Morgan fingerprint density at radius 2 is 1.97 bits per heavy atom. The molecule has 0 bridgehead atoms. The zero-order chi connectivity index (χ0) is 22.5. The van der Waals surface area contributed by atoms with Crippen LogP contribution in [-0.4, -0.2) is 42.1 Å². The van der Waals surface area contributed by atoms with E-state index in [1.54, 1.807) is 13.0 Å². The van der Waals surface area contributed by atoms with Crippen LogP contribution in [0.5, 0.6) is 0 Å². The number of benzene rings is 2. The highest BCUT2D eigenvalue weighted by Gasteiger charge is 2.35. The molecule has 0 aromatic heterocycles. The third kappa shape index (κ3) is 4.82. The van der Waals surface area contributed by atoms with Crippen molar-refractivity contribution in [2.75, 3.05) is 18.1 Å². The highest BCUT2D eigenvalue weighted by Crippen LogP contribution is 2.33. The van der Waals surface area contributed by atoms with Gasteiger partial charge in [-0.3, -0.25) is 15.1 Å². The number of amides is 2. The Hall–Kier alpha value is -3.88. The molecule has 9 heteroatoms. The molecule has 0 aliphatic carbocycles. The second kappa shape index (κ2) is 9.29. The number of nitrogen functional groups attached to an aromatic ring is 1. The topological polar surface area (TPSA) is 146 Å². The molecular formula is C22H24N4O5. The summed E-state index contributed by atoms with van der Waals surface area (Å²) >= 11 is 0. The summed E-state index contributed by atoms with van der Waals surface area (Å²) in [5.74, 6) is -1.66. The van der Waals surface area contributed by atoms with E-state index >= 15 is 0 Å². The van der Waals surface area contributed by atoms with Crippen LogP contribution in [0.2, 0.25) is 0 Å². The van der Waals surface area contributed by atoms with E-state index in [-0.39, 0.29) is 42.1 Å². The summed E-state index contributed by atoms with van der Waals surface area (Å²) < 4.78 is 5.01. The average molecular weight is 424 g/mol. The third-order valence-corrected chi connectivity index (χ3v) is 5.03. The Morgan fingerprint density at radius 3 is 2.58 bits per heavy atom. The molecule has 0 radical (unpaired) electrons. The minimum atomic E-state index is -0.858. The number of urea groups is 1. The monoisotopic (exact) mass is 424 g/mol. The van der Waals surface area contributed by atoms with Crippen molar-refractivity contribution in [2.24, 2.45) is 5.73 Å². The maximum atomic E-state index is 12.6. The lowest BCUT2D eigenvalue weighted by molar-refractivity contribution is -0.136. The van der Waals surface area contributed by atoms with Gasteiger partial charge >= 0.3 is 18.0 Å². The van der Waals surface area contributed by atoms with Crippen LogP contribution in [0.3, 0.4) is 0 Å². The second-order valence-corrected chi connectivity index (χ2v) is 7.07. The zero-order valence-electron chi connectivity index (χ0n) is 17.1. The molecule has 1 aliphatic rings. The van der Waals surface area contributed by atoms with Crippen LogP contribution >= 0.6 is 0 Å². The zero-order valence-corrected chi connectivity index (χ0v) is 17.1. The summed E-state index contributed by atoms with van der Waals surface area (Å²) in [5, 5.41) is 19.6. The summed E-state index contributed by atoms with van der Waals surface area (Å²) in [6.45, 7) is 2.27. The van der Waals surface area contributed by atoms with Crippen molar-refractivity contribution in [3.05, 3.63) is 64.7 Å². The minimum absolute atomic E-state index is 0.0454. The first kappa shape index (κ1) is 21.8.